The Morgan fingerprint density at radius 2 is 1.53 bits per heavy atom. The van der Waals surface area contributed by atoms with Gasteiger partial charge in [0, 0.05) is 12.1 Å². The van der Waals surface area contributed by atoms with Crippen molar-refractivity contribution in [1.29, 1.82) is 0 Å². The number of ketones is 1. The van der Waals surface area contributed by atoms with E-state index in [1.165, 1.54) is 4.90 Å². The van der Waals surface area contributed by atoms with Crippen molar-refractivity contribution < 1.29 is 24.2 Å². The zero-order valence-corrected chi connectivity index (χ0v) is 17.2. The Labute approximate surface area is 185 Å². The summed E-state index contributed by atoms with van der Waals surface area (Å²) < 4.78 is 11.2. The molecule has 0 radical (unpaired) electrons. The van der Waals surface area contributed by atoms with Crippen LogP contribution in [-0.4, -0.2) is 34.9 Å². The summed E-state index contributed by atoms with van der Waals surface area (Å²) in [7, 11) is 0. The molecule has 1 amide bonds. The van der Waals surface area contributed by atoms with E-state index in [0.717, 1.165) is 11.1 Å². The normalized spacial score (nSPS) is 19.2. The molecular formula is C26H21NO5. The van der Waals surface area contributed by atoms with E-state index in [9.17, 15) is 14.7 Å². The van der Waals surface area contributed by atoms with E-state index < -0.39 is 17.7 Å². The maximum atomic E-state index is 13.1. The minimum atomic E-state index is -0.706. The summed E-state index contributed by atoms with van der Waals surface area (Å²) in [5.41, 5.74) is 2.11. The molecule has 160 valence electrons. The molecule has 2 aliphatic rings. The van der Waals surface area contributed by atoms with Crippen LogP contribution in [0.4, 0.5) is 0 Å². The fourth-order valence-electron chi connectivity index (χ4n) is 4.15. The van der Waals surface area contributed by atoms with Crippen molar-refractivity contribution in [2.75, 3.05) is 13.2 Å². The van der Waals surface area contributed by atoms with Crippen LogP contribution in [0.2, 0.25) is 0 Å². The zero-order valence-electron chi connectivity index (χ0n) is 17.2. The molecule has 2 heterocycles. The average molecular weight is 427 g/mol. The lowest BCUT2D eigenvalue weighted by atomic mass is 9.95. The number of aliphatic hydroxyl groups is 1. The Morgan fingerprint density at radius 3 is 2.25 bits per heavy atom. The van der Waals surface area contributed by atoms with Crippen molar-refractivity contribution in [2.24, 2.45) is 0 Å². The van der Waals surface area contributed by atoms with E-state index in [-0.39, 0.29) is 17.9 Å². The third-order valence-electron chi connectivity index (χ3n) is 5.67. The lowest BCUT2D eigenvalue weighted by Crippen LogP contribution is -2.29. The van der Waals surface area contributed by atoms with Crippen LogP contribution in [0.3, 0.4) is 0 Å². The Hall–Kier alpha value is -4.06. The fraction of sp³-hybridized carbons (Fsp3) is 0.154. The van der Waals surface area contributed by atoms with Gasteiger partial charge in [0.2, 0.25) is 0 Å². The van der Waals surface area contributed by atoms with Gasteiger partial charge in [0.25, 0.3) is 11.7 Å². The van der Waals surface area contributed by atoms with Gasteiger partial charge in [-0.15, -0.1) is 0 Å². The van der Waals surface area contributed by atoms with E-state index in [2.05, 4.69) is 0 Å². The van der Waals surface area contributed by atoms with Gasteiger partial charge >= 0.3 is 0 Å². The van der Waals surface area contributed by atoms with Crippen molar-refractivity contribution in [3.8, 4) is 11.5 Å². The van der Waals surface area contributed by atoms with E-state index in [0.29, 0.717) is 30.3 Å². The number of amides is 1. The molecule has 32 heavy (non-hydrogen) atoms. The van der Waals surface area contributed by atoms with Crippen molar-refractivity contribution >= 4 is 17.4 Å². The van der Waals surface area contributed by atoms with Gasteiger partial charge in [-0.1, -0.05) is 60.7 Å². The smallest absolute Gasteiger partial charge is 0.295 e. The summed E-state index contributed by atoms with van der Waals surface area (Å²) in [6.07, 6.45) is 0. The predicted molar refractivity (Wildman–Crippen MR) is 118 cm³/mol. The molecule has 3 aromatic rings. The maximum absolute atomic E-state index is 13.1. The molecule has 0 saturated carbocycles. The highest BCUT2D eigenvalue weighted by Gasteiger charge is 2.46. The first kappa shape index (κ1) is 19.9. The first-order chi connectivity index (χ1) is 15.6. The Bertz CT molecular complexity index is 1200. The van der Waals surface area contributed by atoms with Gasteiger partial charge in [-0.05, 0) is 29.3 Å². The molecule has 3 aromatic carbocycles. The second kappa shape index (κ2) is 8.23. The number of ether oxygens (including phenoxy) is 2. The number of hydrogen-bond donors (Lipinski definition) is 1. The molecule has 0 unspecified atom stereocenters. The van der Waals surface area contributed by atoms with E-state index in [4.69, 9.17) is 9.47 Å². The summed E-state index contributed by atoms with van der Waals surface area (Å²) in [5, 5.41) is 11.2. The summed E-state index contributed by atoms with van der Waals surface area (Å²) in [4.78, 5) is 27.7. The SMILES string of the molecule is O=C1C(=O)N(Cc2ccccc2)[C@@H](c2ccccc2)C1=C(O)c1ccc2c(c1)OCCO2. The van der Waals surface area contributed by atoms with Crippen molar-refractivity contribution in [3.63, 3.8) is 0 Å². The number of carbonyl (C=O) groups excluding carboxylic acids is 2. The molecule has 0 bridgehead atoms. The Morgan fingerprint density at radius 1 is 0.875 bits per heavy atom. The largest absolute Gasteiger partial charge is 0.507 e. The molecule has 0 aromatic heterocycles. The lowest BCUT2D eigenvalue weighted by molar-refractivity contribution is -0.140. The Kier molecular flexibility index (Phi) is 5.11. The summed E-state index contributed by atoms with van der Waals surface area (Å²) in [6, 6.07) is 23.0. The number of rotatable bonds is 4. The highest BCUT2D eigenvalue weighted by atomic mass is 16.6. The van der Waals surface area contributed by atoms with Crippen LogP contribution in [0.1, 0.15) is 22.7 Å². The second-order valence-corrected chi connectivity index (χ2v) is 7.68. The van der Waals surface area contributed by atoms with E-state index in [1.807, 2.05) is 60.7 Å². The predicted octanol–water partition coefficient (Wildman–Crippen LogP) is 4.08. The zero-order chi connectivity index (χ0) is 22.1. The molecular weight excluding hydrogens is 406 g/mol. The van der Waals surface area contributed by atoms with Crippen LogP contribution < -0.4 is 9.47 Å². The molecule has 0 spiro atoms. The van der Waals surface area contributed by atoms with Gasteiger partial charge < -0.3 is 19.5 Å². The van der Waals surface area contributed by atoms with Gasteiger partial charge in [0.05, 0.1) is 11.6 Å². The minimum absolute atomic E-state index is 0.0637. The number of benzene rings is 3. The monoisotopic (exact) mass is 427 g/mol. The number of hydrogen-bond acceptors (Lipinski definition) is 5. The molecule has 6 heteroatoms. The van der Waals surface area contributed by atoms with Gasteiger partial charge in [-0.25, -0.2) is 0 Å². The third kappa shape index (κ3) is 3.50. The van der Waals surface area contributed by atoms with Crippen LogP contribution in [0.5, 0.6) is 11.5 Å². The average Bonchev–Trinajstić information content (AvgIpc) is 3.09. The number of nitrogens with zero attached hydrogens (tertiary/aromatic N) is 1. The van der Waals surface area contributed by atoms with Crippen LogP contribution in [0.25, 0.3) is 5.76 Å². The molecule has 2 aliphatic heterocycles. The molecule has 1 fully saturated rings. The number of Topliss-reactive ketones (excluding diaryl/α,β-unsaturated/α-hetero) is 1. The molecule has 5 rings (SSSR count). The molecule has 0 aliphatic carbocycles. The van der Waals surface area contributed by atoms with Gasteiger partial charge in [-0.3, -0.25) is 9.59 Å². The highest BCUT2D eigenvalue weighted by Crippen LogP contribution is 2.41. The van der Waals surface area contributed by atoms with Gasteiger partial charge in [-0.2, -0.15) is 0 Å². The quantitative estimate of drug-likeness (QED) is 0.386. The second-order valence-electron chi connectivity index (χ2n) is 7.68. The van der Waals surface area contributed by atoms with Gasteiger partial charge in [0.1, 0.15) is 19.0 Å². The standard InChI is InChI=1S/C26H21NO5/c28-24(19-11-12-20-21(15-19)32-14-13-31-20)22-23(18-9-5-2-6-10-18)27(26(30)25(22)29)16-17-7-3-1-4-8-17/h1-12,15,23,28H,13-14,16H2/t23-/m0/s1. The molecule has 1 atom stereocenters. The van der Waals surface area contributed by atoms with Crippen molar-refractivity contribution in [2.45, 2.75) is 12.6 Å². The number of carbonyl (C=O) groups is 2. The fourth-order valence-corrected chi connectivity index (χ4v) is 4.15. The van der Waals surface area contributed by atoms with Crippen LogP contribution in [0.15, 0.2) is 84.4 Å². The topological polar surface area (TPSA) is 76.1 Å². The minimum Gasteiger partial charge on any atom is -0.507 e. The maximum Gasteiger partial charge on any atom is 0.295 e. The molecule has 6 nitrogen and oxygen atoms in total. The van der Waals surface area contributed by atoms with Crippen LogP contribution >= 0.6 is 0 Å². The summed E-state index contributed by atoms with van der Waals surface area (Å²) in [5.74, 6) is -0.499. The summed E-state index contributed by atoms with van der Waals surface area (Å²) in [6.45, 7) is 1.11. The number of likely N-dealkylation sites (tertiary alicyclic amines) is 1. The Balaban J connectivity index is 1.62. The third-order valence-corrected chi connectivity index (χ3v) is 5.67. The van der Waals surface area contributed by atoms with E-state index >= 15 is 0 Å². The van der Waals surface area contributed by atoms with Crippen molar-refractivity contribution in [3.05, 3.63) is 101 Å². The van der Waals surface area contributed by atoms with Crippen LogP contribution in [-0.2, 0) is 16.1 Å². The first-order valence-corrected chi connectivity index (χ1v) is 10.4. The molecule has 1 saturated heterocycles. The summed E-state index contributed by atoms with van der Waals surface area (Å²) >= 11 is 0. The van der Waals surface area contributed by atoms with E-state index in [1.54, 1.807) is 18.2 Å². The highest BCUT2D eigenvalue weighted by molar-refractivity contribution is 6.46. The van der Waals surface area contributed by atoms with Crippen molar-refractivity contribution in [1.82, 2.24) is 4.90 Å². The molecule has 1 N–H and O–H groups in total. The van der Waals surface area contributed by atoms with Gasteiger partial charge in [0.15, 0.2) is 11.5 Å². The lowest BCUT2D eigenvalue weighted by Gasteiger charge is -2.25. The number of fused-ring (bicyclic) bond motifs is 1. The first-order valence-electron chi connectivity index (χ1n) is 10.4. The van der Waals surface area contributed by atoms with Crippen LogP contribution in [0, 0.1) is 0 Å². The number of aliphatic hydroxyl groups excluding tert-OH is 1.